The SMILES string of the molecule is Fc1ccc(N(c2ccc3c4ccccc4n(-c4ccc(F)cc4)c3c2)c2ccc3c4ccccc4n(-c4ccc(F)cc4)c3c2)cc1. The van der Waals surface area contributed by atoms with Crippen LogP contribution >= 0.6 is 0 Å². The van der Waals surface area contributed by atoms with Gasteiger partial charge in [0.2, 0.25) is 0 Å². The summed E-state index contributed by atoms with van der Waals surface area (Å²) in [6, 6.07) is 48.5. The molecule has 7 aromatic carbocycles. The Kier molecular flexibility index (Phi) is 6.37. The Bertz CT molecular complexity index is 2470. The van der Waals surface area contributed by atoms with Crippen molar-refractivity contribution in [3.63, 3.8) is 0 Å². The van der Waals surface area contributed by atoms with E-state index in [-0.39, 0.29) is 17.5 Å². The molecule has 9 rings (SSSR count). The molecule has 2 heterocycles. The van der Waals surface area contributed by atoms with Crippen LogP contribution in [0.25, 0.3) is 55.0 Å². The maximum Gasteiger partial charge on any atom is 0.123 e. The zero-order chi connectivity index (χ0) is 32.4. The molecule has 0 bridgehead atoms. The number of nitrogens with zero attached hydrogens (tertiary/aromatic N) is 3. The molecule has 0 spiro atoms. The average Bonchev–Trinajstić information content (AvgIpc) is 3.62. The molecule has 9 aromatic rings. The molecule has 2 aromatic heterocycles. The molecule has 0 amide bonds. The minimum absolute atomic E-state index is 0.295. The van der Waals surface area contributed by atoms with Crippen molar-refractivity contribution in [1.82, 2.24) is 9.13 Å². The summed E-state index contributed by atoms with van der Waals surface area (Å²) in [6.45, 7) is 0. The molecular formula is C42H26F3N3. The van der Waals surface area contributed by atoms with Crippen LogP contribution in [0, 0.1) is 17.5 Å². The van der Waals surface area contributed by atoms with Crippen LogP contribution in [0.3, 0.4) is 0 Å². The number of anilines is 3. The van der Waals surface area contributed by atoms with Crippen molar-refractivity contribution >= 4 is 60.7 Å². The number of hydrogen-bond acceptors (Lipinski definition) is 1. The lowest BCUT2D eigenvalue weighted by Gasteiger charge is -2.26. The number of rotatable bonds is 5. The summed E-state index contributed by atoms with van der Waals surface area (Å²) in [5, 5.41) is 4.29. The molecule has 0 radical (unpaired) electrons. The standard InChI is InChI=1S/C42H26F3N3/c43-27-9-15-30(16-10-27)46(33-21-23-37-35-5-1-3-7-39(35)47(41(37)25-33)31-17-11-28(44)12-18-31)34-22-24-38-36-6-2-4-8-40(36)48(42(38)26-34)32-19-13-29(45)14-20-32/h1-26H. The van der Waals surface area contributed by atoms with E-state index >= 15 is 0 Å². The molecule has 6 heteroatoms. The number of aromatic nitrogens is 2. The number of fused-ring (bicyclic) bond motifs is 6. The van der Waals surface area contributed by atoms with Crippen molar-refractivity contribution in [3.05, 3.63) is 175 Å². The fourth-order valence-electron chi connectivity index (χ4n) is 6.97. The van der Waals surface area contributed by atoms with Crippen LogP contribution in [0.1, 0.15) is 0 Å². The summed E-state index contributed by atoms with van der Waals surface area (Å²) < 4.78 is 46.6. The fraction of sp³-hybridized carbons (Fsp3) is 0. The van der Waals surface area contributed by atoms with Crippen LogP contribution < -0.4 is 4.90 Å². The lowest BCUT2D eigenvalue weighted by molar-refractivity contribution is 0.627. The first-order valence-corrected chi connectivity index (χ1v) is 15.7. The summed E-state index contributed by atoms with van der Waals surface area (Å²) in [5.41, 5.74) is 8.13. The molecule has 230 valence electrons. The summed E-state index contributed by atoms with van der Waals surface area (Å²) in [5.74, 6) is -0.912. The third-order valence-corrected chi connectivity index (χ3v) is 9.09. The van der Waals surface area contributed by atoms with Gasteiger partial charge in [0.05, 0.1) is 22.1 Å². The molecule has 48 heavy (non-hydrogen) atoms. The summed E-state index contributed by atoms with van der Waals surface area (Å²) >= 11 is 0. The van der Waals surface area contributed by atoms with Gasteiger partial charge in [-0.05, 0) is 109 Å². The van der Waals surface area contributed by atoms with Crippen LogP contribution in [0.4, 0.5) is 30.2 Å². The normalized spacial score (nSPS) is 11.6. The predicted octanol–water partition coefficient (Wildman–Crippen LogP) is 11.8. The van der Waals surface area contributed by atoms with Gasteiger partial charge in [0.25, 0.3) is 0 Å². The zero-order valence-corrected chi connectivity index (χ0v) is 25.5. The van der Waals surface area contributed by atoms with Gasteiger partial charge in [-0.3, -0.25) is 0 Å². The van der Waals surface area contributed by atoms with Crippen molar-refractivity contribution in [2.45, 2.75) is 0 Å². The van der Waals surface area contributed by atoms with Gasteiger partial charge in [-0.15, -0.1) is 0 Å². The van der Waals surface area contributed by atoms with Gasteiger partial charge in [0.1, 0.15) is 17.5 Å². The van der Waals surface area contributed by atoms with E-state index in [0.717, 1.165) is 72.0 Å². The summed E-state index contributed by atoms with van der Waals surface area (Å²) in [6.07, 6.45) is 0. The van der Waals surface area contributed by atoms with Crippen LogP contribution in [-0.4, -0.2) is 9.13 Å². The van der Waals surface area contributed by atoms with Gasteiger partial charge >= 0.3 is 0 Å². The zero-order valence-electron chi connectivity index (χ0n) is 25.5. The van der Waals surface area contributed by atoms with Crippen LogP contribution in [0.15, 0.2) is 158 Å². The Morgan fingerprint density at radius 3 is 1.12 bits per heavy atom. The largest absolute Gasteiger partial charge is 0.310 e. The first kappa shape index (κ1) is 28.0. The fourth-order valence-corrected chi connectivity index (χ4v) is 6.97. The third-order valence-electron chi connectivity index (χ3n) is 9.09. The first-order chi connectivity index (χ1) is 23.5. The smallest absolute Gasteiger partial charge is 0.123 e. The van der Waals surface area contributed by atoms with Crippen molar-refractivity contribution in [2.24, 2.45) is 0 Å². The van der Waals surface area contributed by atoms with Crippen molar-refractivity contribution in [2.75, 3.05) is 4.90 Å². The molecule has 0 fully saturated rings. The van der Waals surface area contributed by atoms with Gasteiger partial charge in [-0.1, -0.05) is 48.5 Å². The van der Waals surface area contributed by atoms with E-state index < -0.39 is 0 Å². The molecule has 3 nitrogen and oxygen atoms in total. The van der Waals surface area contributed by atoms with Gasteiger partial charge in [0.15, 0.2) is 0 Å². The maximum absolute atomic E-state index is 14.3. The van der Waals surface area contributed by atoms with E-state index in [0.29, 0.717) is 0 Å². The lowest BCUT2D eigenvalue weighted by atomic mass is 10.1. The van der Waals surface area contributed by atoms with Gasteiger partial charge < -0.3 is 14.0 Å². The topological polar surface area (TPSA) is 13.1 Å². The molecule has 0 atom stereocenters. The van der Waals surface area contributed by atoms with Crippen molar-refractivity contribution in [3.8, 4) is 11.4 Å². The highest BCUT2D eigenvalue weighted by molar-refractivity contribution is 6.12. The van der Waals surface area contributed by atoms with Crippen LogP contribution in [0.2, 0.25) is 0 Å². The Balaban J connectivity index is 1.31. The summed E-state index contributed by atoms with van der Waals surface area (Å²) in [7, 11) is 0. The second kappa shape index (κ2) is 10.9. The Hall–Kier alpha value is -6.27. The monoisotopic (exact) mass is 629 g/mol. The Labute approximate surface area is 273 Å². The number of benzene rings is 7. The molecule has 0 aliphatic rings. The lowest BCUT2D eigenvalue weighted by Crippen LogP contribution is -2.10. The minimum Gasteiger partial charge on any atom is -0.310 e. The van der Waals surface area contributed by atoms with E-state index in [4.69, 9.17) is 0 Å². The van der Waals surface area contributed by atoms with Gasteiger partial charge in [-0.25, -0.2) is 13.2 Å². The molecule has 0 saturated heterocycles. The minimum atomic E-state index is -0.322. The second-order valence-corrected chi connectivity index (χ2v) is 11.9. The van der Waals surface area contributed by atoms with E-state index in [1.807, 2.05) is 24.3 Å². The van der Waals surface area contributed by atoms with Crippen molar-refractivity contribution in [1.29, 1.82) is 0 Å². The van der Waals surface area contributed by atoms with Gasteiger partial charge in [-0.2, -0.15) is 0 Å². The molecule has 0 N–H and O–H groups in total. The highest BCUT2D eigenvalue weighted by atomic mass is 19.1. The Morgan fingerprint density at radius 2 is 0.688 bits per heavy atom. The number of halogens is 3. The Morgan fingerprint density at radius 1 is 0.333 bits per heavy atom. The first-order valence-electron chi connectivity index (χ1n) is 15.7. The molecule has 0 saturated carbocycles. The van der Waals surface area contributed by atoms with Crippen LogP contribution in [-0.2, 0) is 0 Å². The quantitative estimate of drug-likeness (QED) is 0.185. The third kappa shape index (κ3) is 4.45. The van der Waals surface area contributed by atoms with Gasteiger partial charge in [0, 0.05) is 50.0 Å². The number of hydrogen-bond donors (Lipinski definition) is 0. The van der Waals surface area contributed by atoms with E-state index in [9.17, 15) is 13.2 Å². The van der Waals surface area contributed by atoms with E-state index in [1.54, 1.807) is 36.4 Å². The van der Waals surface area contributed by atoms with E-state index in [1.165, 1.54) is 36.4 Å². The summed E-state index contributed by atoms with van der Waals surface area (Å²) in [4.78, 5) is 2.11. The maximum atomic E-state index is 14.3. The average molecular weight is 630 g/mol. The second-order valence-electron chi connectivity index (χ2n) is 11.9. The number of para-hydroxylation sites is 2. The molecule has 0 aliphatic heterocycles. The van der Waals surface area contributed by atoms with Crippen LogP contribution in [0.5, 0.6) is 0 Å². The predicted molar refractivity (Wildman–Crippen MR) is 190 cm³/mol. The highest BCUT2D eigenvalue weighted by Gasteiger charge is 2.20. The molecular weight excluding hydrogens is 603 g/mol. The van der Waals surface area contributed by atoms with Crippen molar-refractivity contribution < 1.29 is 13.2 Å². The van der Waals surface area contributed by atoms with E-state index in [2.05, 4.69) is 74.7 Å². The highest BCUT2D eigenvalue weighted by Crippen LogP contribution is 2.42. The molecule has 0 unspecified atom stereocenters. The molecule has 0 aliphatic carbocycles.